The molecule has 31 heavy (non-hydrogen) atoms. The maximum absolute atomic E-state index is 13.4. The molecule has 2 aliphatic carbocycles. The zero-order valence-corrected chi connectivity index (χ0v) is 18.0. The van der Waals surface area contributed by atoms with Crippen LogP contribution < -0.4 is 0 Å². The molecule has 4 heteroatoms. The first-order chi connectivity index (χ1) is 15.0. The molecule has 0 N–H and O–H groups in total. The van der Waals surface area contributed by atoms with Crippen LogP contribution in [0.1, 0.15) is 49.9 Å². The molecule has 0 saturated heterocycles. The van der Waals surface area contributed by atoms with Crippen molar-refractivity contribution >= 4 is 11.6 Å². The molecule has 2 aromatic carbocycles. The predicted molar refractivity (Wildman–Crippen MR) is 122 cm³/mol. The normalized spacial score (nSPS) is 23.0. The maximum atomic E-state index is 13.4. The Morgan fingerprint density at radius 3 is 2.71 bits per heavy atom. The van der Waals surface area contributed by atoms with Crippen LogP contribution in [-0.2, 0) is 11.2 Å². The molecule has 2 unspecified atom stereocenters. The van der Waals surface area contributed by atoms with Crippen molar-refractivity contribution in [2.45, 2.75) is 45.6 Å². The minimum atomic E-state index is -0.234. The molecule has 0 bridgehead atoms. The van der Waals surface area contributed by atoms with Crippen LogP contribution in [-0.4, -0.2) is 15.9 Å². The van der Waals surface area contributed by atoms with Crippen molar-refractivity contribution < 1.29 is 9.13 Å². The lowest BCUT2D eigenvalue weighted by atomic mass is 9.64. The standard InChI is InChI=1S/C27H27FN2O/c1-19(20-7-4-3-5-8-20)18-31-26-10-6-9-22-15-25-21(16-27(22,26)2)17-29-30(25)24-13-11-23(28)12-14-24/h3-5,7-8,11-15,17-18,26H,6,9-10,16H2,1-2H3/b19-18+. The molecule has 0 spiro atoms. The molecule has 3 aromatic rings. The van der Waals surface area contributed by atoms with E-state index in [1.54, 1.807) is 12.1 Å². The minimum absolute atomic E-state index is 0.0463. The van der Waals surface area contributed by atoms with Gasteiger partial charge in [-0.2, -0.15) is 5.10 Å². The molecule has 1 heterocycles. The summed E-state index contributed by atoms with van der Waals surface area (Å²) in [5.41, 5.74) is 6.91. The first-order valence-corrected chi connectivity index (χ1v) is 11.0. The molecular weight excluding hydrogens is 387 g/mol. The van der Waals surface area contributed by atoms with E-state index in [-0.39, 0.29) is 17.3 Å². The van der Waals surface area contributed by atoms with Crippen molar-refractivity contribution in [3.63, 3.8) is 0 Å². The first kappa shape index (κ1) is 19.8. The van der Waals surface area contributed by atoms with E-state index in [1.807, 2.05) is 23.2 Å². The van der Waals surface area contributed by atoms with E-state index in [1.165, 1.54) is 28.8 Å². The van der Waals surface area contributed by atoms with Crippen LogP contribution in [0.4, 0.5) is 4.39 Å². The van der Waals surface area contributed by atoms with Crippen LogP contribution >= 0.6 is 0 Å². The highest BCUT2D eigenvalue weighted by Gasteiger charge is 2.44. The number of aromatic nitrogens is 2. The number of rotatable bonds is 4. The largest absolute Gasteiger partial charge is 0.497 e. The second-order valence-electron chi connectivity index (χ2n) is 8.89. The van der Waals surface area contributed by atoms with Crippen LogP contribution in [0.15, 0.2) is 72.6 Å². The summed E-state index contributed by atoms with van der Waals surface area (Å²) in [5.74, 6) is -0.234. The van der Waals surface area contributed by atoms with Gasteiger partial charge in [-0.15, -0.1) is 0 Å². The lowest BCUT2D eigenvalue weighted by molar-refractivity contribution is 0.0222. The van der Waals surface area contributed by atoms with Gasteiger partial charge in [-0.05, 0) is 79.6 Å². The molecule has 0 aliphatic heterocycles. The molecule has 1 aromatic heterocycles. The minimum Gasteiger partial charge on any atom is -0.497 e. The fourth-order valence-corrected chi connectivity index (χ4v) is 4.96. The third-order valence-electron chi connectivity index (χ3n) is 6.82. The summed E-state index contributed by atoms with van der Waals surface area (Å²) in [6.45, 7) is 4.43. The number of hydrogen-bond donors (Lipinski definition) is 0. The van der Waals surface area contributed by atoms with E-state index in [4.69, 9.17) is 4.74 Å². The Hall–Kier alpha value is -3.14. The molecule has 1 saturated carbocycles. The third-order valence-corrected chi connectivity index (χ3v) is 6.82. The van der Waals surface area contributed by atoms with Crippen molar-refractivity contribution in [1.29, 1.82) is 0 Å². The number of nitrogens with zero attached hydrogens (tertiary/aromatic N) is 2. The van der Waals surface area contributed by atoms with Crippen molar-refractivity contribution in [1.82, 2.24) is 9.78 Å². The number of ether oxygens (including phenoxy) is 1. The van der Waals surface area contributed by atoms with Crippen LogP contribution in [0.3, 0.4) is 0 Å². The van der Waals surface area contributed by atoms with Gasteiger partial charge in [0.05, 0.1) is 23.8 Å². The van der Waals surface area contributed by atoms with Crippen LogP contribution in [0.5, 0.6) is 0 Å². The molecule has 2 atom stereocenters. The summed E-state index contributed by atoms with van der Waals surface area (Å²) >= 11 is 0. The second-order valence-corrected chi connectivity index (χ2v) is 8.89. The molecule has 158 valence electrons. The Balaban J connectivity index is 1.43. The SMILES string of the molecule is C/C(=C\OC1CCCC2=Cc3c(cnn3-c3ccc(F)cc3)CC21C)c1ccccc1. The van der Waals surface area contributed by atoms with Gasteiger partial charge in [0, 0.05) is 5.41 Å². The summed E-state index contributed by atoms with van der Waals surface area (Å²) in [4.78, 5) is 0. The molecule has 1 fully saturated rings. The molecule has 2 aliphatic rings. The van der Waals surface area contributed by atoms with Gasteiger partial charge in [-0.25, -0.2) is 9.07 Å². The zero-order chi connectivity index (χ0) is 21.4. The highest BCUT2D eigenvalue weighted by Crippen LogP contribution is 2.49. The van der Waals surface area contributed by atoms with Gasteiger partial charge < -0.3 is 4.74 Å². The monoisotopic (exact) mass is 414 g/mol. The lowest BCUT2D eigenvalue weighted by Crippen LogP contribution is -2.42. The Bertz CT molecular complexity index is 1140. The Morgan fingerprint density at radius 2 is 1.94 bits per heavy atom. The molecule has 3 nitrogen and oxygen atoms in total. The van der Waals surface area contributed by atoms with E-state index in [9.17, 15) is 4.39 Å². The van der Waals surface area contributed by atoms with Gasteiger partial charge in [0.25, 0.3) is 0 Å². The summed E-state index contributed by atoms with van der Waals surface area (Å²) in [5, 5.41) is 4.62. The number of hydrogen-bond acceptors (Lipinski definition) is 2. The molecule has 0 amide bonds. The average Bonchev–Trinajstić information content (AvgIpc) is 3.19. The topological polar surface area (TPSA) is 27.1 Å². The van der Waals surface area contributed by atoms with Crippen LogP contribution in [0.25, 0.3) is 17.3 Å². The van der Waals surface area contributed by atoms with Gasteiger partial charge >= 0.3 is 0 Å². The summed E-state index contributed by atoms with van der Waals surface area (Å²) < 4.78 is 21.7. The Kier molecular flexibility index (Phi) is 5.01. The number of fused-ring (bicyclic) bond motifs is 2. The second kappa shape index (κ2) is 7.84. The fraction of sp³-hybridized carbons (Fsp3) is 0.296. The summed E-state index contributed by atoms with van der Waals surface area (Å²) in [6, 6.07) is 16.9. The smallest absolute Gasteiger partial charge is 0.123 e. The predicted octanol–water partition coefficient (Wildman–Crippen LogP) is 6.59. The van der Waals surface area contributed by atoms with Gasteiger partial charge in [-0.3, -0.25) is 0 Å². The van der Waals surface area contributed by atoms with Crippen molar-refractivity contribution in [3.05, 3.63) is 95.3 Å². The van der Waals surface area contributed by atoms with Crippen molar-refractivity contribution in [2.75, 3.05) is 0 Å². The maximum Gasteiger partial charge on any atom is 0.123 e. The molecular formula is C27H27FN2O. The van der Waals surface area contributed by atoms with Gasteiger partial charge in [0.2, 0.25) is 0 Å². The van der Waals surface area contributed by atoms with Crippen molar-refractivity contribution in [2.24, 2.45) is 5.41 Å². The van der Waals surface area contributed by atoms with E-state index >= 15 is 0 Å². The van der Waals surface area contributed by atoms with Crippen LogP contribution in [0, 0.1) is 11.2 Å². The lowest BCUT2D eigenvalue weighted by Gasteiger charge is -2.45. The average molecular weight is 415 g/mol. The highest BCUT2D eigenvalue weighted by molar-refractivity contribution is 5.63. The van der Waals surface area contributed by atoms with Gasteiger partial charge in [0.1, 0.15) is 11.9 Å². The number of allylic oxidation sites excluding steroid dienone is 1. The molecule has 0 radical (unpaired) electrons. The molecule has 5 rings (SSSR count). The van der Waals surface area contributed by atoms with E-state index < -0.39 is 0 Å². The fourth-order valence-electron chi connectivity index (χ4n) is 4.96. The number of halogens is 1. The Morgan fingerprint density at radius 1 is 1.16 bits per heavy atom. The quantitative estimate of drug-likeness (QED) is 0.451. The summed E-state index contributed by atoms with van der Waals surface area (Å²) in [7, 11) is 0. The van der Waals surface area contributed by atoms with E-state index in [0.717, 1.165) is 42.6 Å². The van der Waals surface area contributed by atoms with Gasteiger partial charge in [0.15, 0.2) is 0 Å². The van der Waals surface area contributed by atoms with Crippen molar-refractivity contribution in [3.8, 4) is 5.69 Å². The van der Waals surface area contributed by atoms with Gasteiger partial charge in [-0.1, -0.05) is 42.8 Å². The van der Waals surface area contributed by atoms with Crippen LogP contribution in [0.2, 0.25) is 0 Å². The summed E-state index contributed by atoms with van der Waals surface area (Å²) in [6.07, 6.45) is 10.5. The zero-order valence-electron chi connectivity index (χ0n) is 18.0. The Labute approximate surface area is 182 Å². The first-order valence-electron chi connectivity index (χ1n) is 11.0. The highest BCUT2D eigenvalue weighted by atomic mass is 19.1. The number of benzene rings is 2. The van der Waals surface area contributed by atoms with E-state index in [2.05, 4.69) is 49.3 Å². The van der Waals surface area contributed by atoms with E-state index in [0.29, 0.717) is 0 Å². The third kappa shape index (κ3) is 3.60.